The Morgan fingerprint density at radius 2 is 1.71 bits per heavy atom. The lowest BCUT2D eigenvalue weighted by Gasteiger charge is -2.34. The highest BCUT2D eigenvalue weighted by Gasteiger charge is 2.27. The lowest BCUT2D eigenvalue weighted by atomic mass is 9.92. The Balaban J connectivity index is 1.17. The third-order valence-corrected chi connectivity index (χ3v) is 7.66. The third kappa shape index (κ3) is 4.12. The predicted molar refractivity (Wildman–Crippen MR) is 138 cm³/mol. The fraction of sp³-hybridized carbons (Fsp3) is 0.407. The molecule has 0 radical (unpaired) electrons. The van der Waals surface area contributed by atoms with Crippen LogP contribution in [-0.2, 0) is 7.05 Å². The molecule has 0 unspecified atom stereocenters. The summed E-state index contributed by atoms with van der Waals surface area (Å²) in [7, 11) is 4.17. The van der Waals surface area contributed by atoms with Crippen LogP contribution in [0.5, 0.6) is 0 Å². The van der Waals surface area contributed by atoms with Crippen molar-refractivity contribution in [2.45, 2.75) is 18.8 Å². The molecule has 1 aromatic carbocycles. The Morgan fingerprint density at radius 3 is 2.51 bits per heavy atom. The van der Waals surface area contributed by atoms with E-state index >= 15 is 0 Å². The molecule has 0 atom stereocenters. The van der Waals surface area contributed by atoms with Gasteiger partial charge in [0.1, 0.15) is 11.8 Å². The second-order valence-electron chi connectivity index (χ2n) is 9.88. The molecule has 6 rings (SSSR count). The SMILES string of the molecule is CN1CCN(c2cnc3c(C4CCN(C(=O)c5ccc6ccn(C)c6c5)CC4)ncnc3c2)CC1. The monoisotopic (exact) mass is 469 g/mol. The topological polar surface area (TPSA) is 70.4 Å². The number of hydrogen-bond donors (Lipinski definition) is 0. The standard InChI is InChI=1S/C27H31N7O/c1-31-11-13-33(14-12-31)22-16-23-26(28-17-22)25(30-18-29-23)20-6-9-34(10-7-20)27(35)21-4-3-19-5-8-32(2)24(19)15-21/h3-5,8,15-18,20H,6-7,9-14H2,1-2H3. The van der Waals surface area contributed by atoms with E-state index in [-0.39, 0.29) is 11.8 Å². The minimum atomic E-state index is 0.106. The number of likely N-dealkylation sites (N-methyl/N-ethyl adjacent to an activating group) is 1. The summed E-state index contributed by atoms with van der Waals surface area (Å²) in [5.41, 5.74) is 5.77. The molecule has 2 aliphatic rings. The Hall–Kier alpha value is -3.52. The summed E-state index contributed by atoms with van der Waals surface area (Å²) in [4.78, 5) is 33.9. The number of rotatable bonds is 3. The highest BCUT2D eigenvalue weighted by molar-refractivity contribution is 5.98. The van der Waals surface area contributed by atoms with Crippen LogP contribution >= 0.6 is 0 Å². The first kappa shape index (κ1) is 22.0. The first-order valence-electron chi connectivity index (χ1n) is 12.5. The number of fused-ring (bicyclic) bond motifs is 2. The molecule has 8 heteroatoms. The van der Waals surface area contributed by atoms with Crippen LogP contribution in [0.15, 0.2) is 49.1 Å². The zero-order valence-electron chi connectivity index (χ0n) is 20.4. The molecule has 3 aromatic heterocycles. The van der Waals surface area contributed by atoms with Gasteiger partial charge in [0, 0.05) is 69.5 Å². The van der Waals surface area contributed by atoms with Crippen LogP contribution in [0.25, 0.3) is 21.9 Å². The maximum absolute atomic E-state index is 13.2. The van der Waals surface area contributed by atoms with Gasteiger partial charge >= 0.3 is 0 Å². The summed E-state index contributed by atoms with van der Waals surface area (Å²) < 4.78 is 2.06. The summed E-state index contributed by atoms with van der Waals surface area (Å²) in [5.74, 6) is 0.385. The number of anilines is 1. The average Bonchev–Trinajstić information content (AvgIpc) is 3.28. The van der Waals surface area contributed by atoms with E-state index in [0.29, 0.717) is 0 Å². The Labute approximate surface area is 205 Å². The van der Waals surface area contributed by atoms with Crippen molar-refractivity contribution < 1.29 is 4.79 Å². The number of pyridine rings is 1. The molecular formula is C27H31N7O. The summed E-state index contributed by atoms with van der Waals surface area (Å²) in [5, 5.41) is 1.15. The Kier molecular flexibility index (Phi) is 5.60. The summed E-state index contributed by atoms with van der Waals surface area (Å²) in [6.45, 7) is 5.57. The summed E-state index contributed by atoms with van der Waals surface area (Å²) in [6, 6.07) is 10.2. The lowest BCUT2D eigenvalue weighted by molar-refractivity contribution is 0.0712. The third-order valence-electron chi connectivity index (χ3n) is 7.66. The molecular weight excluding hydrogens is 438 g/mol. The molecule has 35 heavy (non-hydrogen) atoms. The van der Waals surface area contributed by atoms with Crippen LogP contribution in [0, 0.1) is 0 Å². The fourth-order valence-electron chi connectivity index (χ4n) is 5.42. The van der Waals surface area contributed by atoms with E-state index in [1.165, 1.54) is 0 Å². The van der Waals surface area contributed by atoms with Gasteiger partial charge in [0.2, 0.25) is 0 Å². The number of amides is 1. The van der Waals surface area contributed by atoms with Crippen LogP contribution in [-0.4, -0.2) is 81.5 Å². The molecule has 2 saturated heterocycles. The summed E-state index contributed by atoms with van der Waals surface area (Å²) in [6.07, 6.45) is 7.43. The summed E-state index contributed by atoms with van der Waals surface area (Å²) >= 11 is 0. The molecule has 0 saturated carbocycles. The molecule has 0 N–H and O–H groups in total. The lowest BCUT2D eigenvalue weighted by Crippen LogP contribution is -2.44. The van der Waals surface area contributed by atoms with Crippen LogP contribution in [0.3, 0.4) is 0 Å². The van der Waals surface area contributed by atoms with Crippen molar-refractivity contribution in [3.05, 3.63) is 60.3 Å². The van der Waals surface area contributed by atoms with Gasteiger partial charge in [-0.1, -0.05) is 6.07 Å². The van der Waals surface area contributed by atoms with Gasteiger partial charge in [-0.25, -0.2) is 9.97 Å². The number of nitrogens with zero attached hydrogens (tertiary/aromatic N) is 7. The van der Waals surface area contributed by atoms with E-state index in [1.807, 2.05) is 42.5 Å². The van der Waals surface area contributed by atoms with Crippen molar-refractivity contribution in [1.82, 2.24) is 29.3 Å². The molecule has 0 aliphatic carbocycles. The highest BCUT2D eigenvalue weighted by Crippen LogP contribution is 2.32. The van der Waals surface area contributed by atoms with Gasteiger partial charge < -0.3 is 19.3 Å². The normalized spacial score (nSPS) is 18.0. The van der Waals surface area contributed by atoms with Crippen LogP contribution in [0.1, 0.15) is 34.8 Å². The van der Waals surface area contributed by atoms with Crippen LogP contribution in [0.4, 0.5) is 5.69 Å². The molecule has 0 bridgehead atoms. The van der Waals surface area contributed by atoms with Crippen molar-refractivity contribution >= 4 is 33.5 Å². The smallest absolute Gasteiger partial charge is 0.253 e. The molecule has 8 nitrogen and oxygen atoms in total. The van der Waals surface area contributed by atoms with Gasteiger partial charge in [-0.05, 0) is 49.5 Å². The van der Waals surface area contributed by atoms with E-state index in [2.05, 4.69) is 43.5 Å². The number of piperidine rings is 1. The van der Waals surface area contributed by atoms with E-state index in [0.717, 1.165) is 91.0 Å². The van der Waals surface area contributed by atoms with Crippen molar-refractivity contribution in [2.75, 3.05) is 51.2 Å². The number of aryl methyl sites for hydroxylation is 1. The molecule has 4 aromatic rings. The highest BCUT2D eigenvalue weighted by atomic mass is 16.2. The van der Waals surface area contributed by atoms with E-state index in [9.17, 15) is 4.79 Å². The second kappa shape index (κ2) is 8.92. The minimum absolute atomic E-state index is 0.106. The second-order valence-corrected chi connectivity index (χ2v) is 9.88. The van der Waals surface area contributed by atoms with Gasteiger partial charge in [-0.15, -0.1) is 0 Å². The van der Waals surface area contributed by atoms with Crippen LogP contribution < -0.4 is 4.90 Å². The van der Waals surface area contributed by atoms with Crippen molar-refractivity contribution in [2.24, 2.45) is 7.05 Å². The minimum Gasteiger partial charge on any atom is -0.368 e. The van der Waals surface area contributed by atoms with Crippen LogP contribution in [0.2, 0.25) is 0 Å². The molecule has 180 valence electrons. The Morgan fingerprint density at radius 1 is 0.914 bits per heavy atom. The Bertz CT molecular complexity index is 1380. The molecule has 2 aliphatic heterocycles. The predicted octanol–water partition coefficient (Wildman–Crippen LogP) is 3.29. The number of hydrogen-bond acceptors (Lipinski definition) is 6. The van der Waals surface area contributed by atoms with Crippen molar-refractivity contribution in [3.63, 3.8) is 0 Å². The molecule has 1 amide bonds. The molecule has 2 fully saturated rings. The van der Waals surface area contributed by atoms with E-state index in [4.69, 9.17) is 4.98 Å². The number of benzene rings is 1. The maximum Gasteiger partial charge on any atom is 0.253 e. The number of aromatic nitrogens is 4. The van der Waals surface area contributed by atoms with Crippen molar-refractivity contribution in [3.8, 4) is 0 Å². The number of likely N-dealkylation sites (tertiary alicyclic amines) is 1. The quantitative estimate of drug-likeness (QED) is 0.459. The maximum atomic E-state index is 13.2. The van der Waals surface area contributed by atoms with E-state index < -0.39 is 0 Å². The van der Waals surface area contributed by atoms with Gasteiger partial charge in [0.25, 0.3) is 5.91 Å². The van der Waals surface area contributed by atoms with Gasteiger partial charge in [-0.2, -0.15) is 0 Å². The average molecular weight is 470 g/mol. The van der Waals surface area contributed by atoms with Gasteiger partial charge in [-0.3, -0.25) is 9.78 Å². The first-order chi connectivity index (χ1) is 17.1. The zero-order valence-corrected chi connectivity index (χ0v) is 20.4. The first-order valence-corrected chi connectivity index (χ1v) is 12.5. The van der Waals surface area contributed by atoms with E-state index in [1.54, 1.807) is 6.33 Å². The largest absolute Gasteiger partial charge is 0.368 e. The fourth-order valence-corrected chi connectivity index (χ4v) is 5.42. The zero-order chi connectivity index (χ0) is 23.9. The molecule has 5 heterocycles. The van der Waals surface area contributed by atoms with Crippen molar-refractivity contribution in [1.29, 1.82) is 0 Å². The number of carbonyl (C=O) groups is 1. The number of carbonyl (C=O) groups excluding carboxylic acids is 1. The molecule has 0 spiro atoms. The van der Waals surface area contributed by atoms with Gasteiger partial charge in [0.05, 0.1) is 23.1 Å². The van der Waals surface area contributed by atoms with Gasteiger partial charge in [0.15, 0.2) is 0 Å². The number of piperazine rings is 1.